The Morgan fingerprint density at radius 2 is 2.00 bits per heavy atom. The number of ether oxygens (including phenoxy) is 3. The monoisotopic (exact) mass is 359 g/mol. The summed E-state index contributed by atoms with van der Waals surface area (Å²) in [6.45, 7) is 13.9. The zero-order chi connectivity index (χ0) is 19.2. The third-order valence-corrected chi connectivity index (χ3v) is 3.97. The summed E-state index contributed by atoms with van der Waals surface area (Å²) in [6.07, 6.45) is 2.94. The third kappa shape index (κ3) is 5.44. The highest BCUT2D eigenvalue weighted by molar-refractivity contribution is 5.69. The second-order valence-electron chi connectivity index (χ2n) is 7.26. The number of hydrogen-bond donors (Lipinski definition) is 0. The smallest absolute Gasteiger partial charge is 0.410 e. The predicted molar refractivity (Wildman–Crippen MR) is 102 cm³/mol. The molecule has 5 heteroatoms. The van der Waals surface area contributed by atoms with Gasteiger partial charge in [0.15, 0.2) is 6.29 Å². The quantitative estimate of drug-likeness (QED) is 0.674. The lowest BCUT2D eigenvalue weighted by molar-refractivity contribution is -0.0752. The molecular weight excluding hydrogens is 330 g/mol. The van der Waals surface area contributed by atoms with Crippen molar-refractivity contribution in [2.75, 3.05) is 13.2 Å². The molecule has 1 fully saturated rings. The van der Waals surface area contributed by atoms with Gasteiger partial charge in [-0.25, -0.2) is 4.79 Å². The summed E-state index contributed by atoms with van der Waals surface area (Å²) < 4.78 is 17.5. The van der Waals surface area contributed by atoms with Gasteiger partial charge in [0.05, 0.1) is 12.6 Å². The van der Waals surface area contributed by atoms with Crippen molar-refractivity contribution in [1.82, 2.24) is 4.90 Å². The van der Waals surface area contributed by atoms with Gasteiger partial charge in [-0.2, -0.15) is 0 Å². The summed E-state index contributed by atoms with van der Waals surface area (Å²) in [5.74, 6) is 0. The van der Waals surface area contributed by atoms with Gasteiger partial charge in [-0.3, -0.25) is 4.90 Å². The SMILES string of the molecule is C=CC[C@H]([C@@H]1COC(c2ccccc2)O1)N(CC=C)C(=O)OC(C)(C)C. The van der Waals surface area contributed by atoms with Crippen molar-refractivity contribution in [2.24, 2.45) is 0 Å². The Balaban J connectivity index is 2.15. The van der Waals surface area contributed by atoms with Crippen LogP contribution < -0.4 is 0 Å². The first-order valence-corrected chi connectivity index (χ1v) is 8.89. The van der Waals surface area contributed by atoms with Gasteiger partial charge >= 0.3 is 6.09 Å². The highest BCUT2D eigenvalue weighted by Gasteiger charge is 2.38. The van der Waals surface area contributed by atoms with Gasteiger partial charge in [-0.15, -0.1) is 13.2 Å². The second-order valence-corrected chi connectivity index (χ2v) is 7.26. The van der Waals surface area contributed by atoms with E-state index in [4.69, 9.17) is 14.2 Å². The summed E-state index contributed by atoms with van der Waals surface area (Å²) in [5, 5.41) is 0. The Morgan fingerprint density at radius 1 is 1.31 bits per heavy atom. The van der Waals surface area contributed by atoms with E-state index in [1.807, 2.05) is 51.1 Å². The summed E-state index contributed by atoms with van der Waals surface area (Å²) in [6, 6.07) is 9.53. The molecule has 1 saturated heterocycles. The zero-order valence-electron chi connectivity index (χ0n) is 15.9. The lowest BCUT2D eigenvalue weighted by Gasteiger charge is -2.34. The van der Waals surface area contributed by atoms with E-state index in [0.29, 0.717) is 19.6 Å². The van der Waals surface area contributed by atoms with Crippen LogP contribution in [0.1, 0.15) is 39.0 Å². The standard InChI is InChI=1S/C21H29NO4/c1-6-11-17(22(14-7-2)20(23)26-21(3,4)5)18-15-24-19(25-18)16-12-9-8-10-13-16/h6-10,12-13,17-19H,1-2,11,14-15H2,3-5H3/t17-,18+,19?/m1/s1. The zero-order valence-corrected chi connectivity index (χ0v) is 15.9. The van der Waals surface area contributed by atoms with Crippen LogP contribution in [-0.2, 0) is 14.2 Å². The van der Waals surface area contributed by atoms with Crippen molar-refractivity contribution in [3.63, 3.8) is 0 Å². The van der Waals surface area contributed by atoms with Crippen LogP contribution in [0, 0.1) is 0 Å². The van der Waals surface area contributed by atoms with Crippen molar-refractivity contribution < 1.29 is 19.0 Å². The molecule has 1 heterocycles. The van der Waals surface area contributed by atoms with Crippen LogP contribution in [0.2, 0.25) is 0 Å². The number of rotatable bonds is 7. The highest BCUT2D eigenvalue weighted by Crippen LogP contribution is 2.31. The van der Waals surface area contributed by atoms with E-state index >= 15 is 0 Å². The molecule has 5 nitrogen and oxygen atoms in total. The van der Waals surface area contributed by atoms with Gasteiger partial charge in [0.2, 0.25) is 0 Å². The lowest BCUT2D eigenvalue weighted by Crippen LogP contribution is -2.49. The van der Waals surface area contributed by atoms with Gasteiger partial charge in [0, 0.05) is 12.1 Å². The van der Waals surface area contributed by atoms with Gasteiger partial charge in [-0.05, 0) is 27.2 Å². The van der Waals surface area contributed by atoms with E-state index < -0.39 is 18.0 Å². The summed E-state index contributed by atoms with van der Waals surface area (Å²) in [5.41, 5.74) is 0.384. The Kier molecular flexibility index (Phi) is 7.00. The van der Waals surface area contributed by atoms with E-state index in [1.165, 1.54) is 0 Å². The molecule has 3 atom stereocenters. The molecule has 26 heavy (non-hydrogen) atoms. The molecule has 1 unspecified atom stereocenters. The molecule has 0 radical (unpaired) electrons. The van der Waals surface area contributed by atoms with Crippen molar-refractivity contribution in [3.8, 4) is 0 Å². The summed E-state index contributed by atoms with van der Waals surface area (Å²) in [7, 11) is 0. The van der Waals surface area contributed by atoms with Gasteiger partial charge in [0.25, 0.3) is 0 Å². The normalized spacial score (nSPS) is 21.0. The molecule has 2 rings (SSSR count). The minimum Gasteiger partial charge on any atom is -0.444 e. The van der Waals surface area contributed by atoms with Crippen molar-refractivity contribution in [2.45, 2.75) is 51.2 Å². The van der Waals surface area contributed by atoms with E-state index in [0.717, 1.165) is 5.56 Å². The minimum atomic E-state index is -0.575. The van der Waals surface area contributed by atoms with Crippen LogP contribution in [0.15, 0.2) is 55.6 Å². The molecule has 1 aromatic carbocycles. The predicted octanol–water partition coefficient (Wildman–Crippen LogP) is 4.47. The van der Waals surface area contributed by atoms with E-state index in [-0.39, 0.29) is 12.1 Å². The maximum absolute atomic E-state index is 12.7. The van der Waals surface area contributed by atoms with Crippen LogP contribution in [0.3, 0.4) is 0 Å². The fourth-order valence-electron chi connectivity index (χ4n) is 2.86. The fraction of sp³-hybridized carbons (Fsp3) is 0.476. The first-order valence-electron chi connectivity index (χ1n) is 8.89. The molecule has 1 aliphatic heterocycles. The van der Waals surface area contributed by atoms with Crippen molar-refractivity contribution in [1.29, 1.82) is 0 Å². The highest BCUT2D eigenvalue weighted by atomic mass is 16.7. The second kappa shape index (κ2) is 9.01. The van der Waals surface area contributed by atoms with Crippen molar-refractivity contribution in [3.05, 3.63) is 61.2 Å². The molecular formula is C21H29NO4. The average molecular weight is 359 g/mol. The molecule has 0 bridgehead atoms. The summed E-state index contributed by atoms with van der Waals surface area (Å²) >= 11 is 0. The van der Waals surface area contributed by atoms with Crippen LogP contribution in [0.25, 0.3) is 0 Å². The van der Waals surface area contributed by atoms with Gasteiger partial charge < -0.3 is 14.2 Å². The average Bonchev–Trinajstić information content (AvgIpc) is 3.07. The minimum absolute atomic E-state index is 0.242. The number of carbonyl (C=O) groups is 1. The van der Waals surface area contributed by atoms with E-state index in [1.54, 1.807) is 17.1 Å². The van der Waals surface area contributed by atoms with Crippen LogP contribution in [0.4, 0.5) is 4.79 Å². The van der Waals surface area contributed by atoms with Crippen LogP contribution in [0.5, 0.6) is 0 Å². The van der Waals surface area contributed by atoms with Gasteiger partial charge in [0.1, 0.15) is 11.7 Å². The molecule has 1 aromatic rings. The molecule has 0 N–H and O–H groups in total. The van der Waals surface area contributed by atoms with Gasteiger partial charge in [-0.1, -0.05) is 42.5 Å². The number of benzene rings is 1. The first-order chi connectivity index (χ1) is 12.4. The molecule has 1 aliphatic rings. The Bertz CT molecular complexity index is 608. The Labute approximate surface area is 156 Å². The molecule has 0 aliphatic carbocycles. The van der Waals surface area contributed by atoms with Crippen LogP contribution in [-0.4, -0.2) is 41.9 Å². The molecule has 0 spiro atoms. The first kappa shape index (κ1) is 20.2. The van der Waals surface area contributed by atoms with E-state index in [2.05, 4.69) is 13.2 Å². The van der Waals surface area contributed by atoms with Crippen LogP contribution >= 0.6 is 0 Å². The van der Waals surface area contributed by atoms with E-state index in [9.17, 15) is 4.79 Å². The third-order valence-electron chi connectivity index (χ3n) is 3.97. The lowest BCUT2D eigenvalue weighted by atomic mass is 10.1. The molecule has 0 aromatic heterocycles. The molecule has 142 valence electrons. The topological polar surface area (TPSA) is 48.0 Å². The maximum atomic E-state index is 12.7. The Morgan fingerprint density at radius 3 is 2.58 bits per heavy atom. The Hall–Kier alpha value is -2.11. The molecule has 1 amide bonds. The van der Waals surface area contributed by atoms with Crippen molar-refractivity contribution >= 4 is 6.09 Å². The largest absolute Gasteiger partial charge is 0.444 e. The fourth-order valence-corrected chi connectivity index (χ4v) is 2.86. The maximum Gasteiger partial charge on any atom is 0.410 e. The number of carbonyl (C=O) groups excluding carboxylic acids is 1. The number of nitrogens with zero attached hydrogens (tertiary/aromatic N) is 1. The number of hydrogen-bond acceptors (Lipinski definition) is 4. The molecule has 0 saturated carbocycles. The number of amides is 1. The summed E-state index contributed by atoms with van der Waals surface area (Å²) in [4.78, 5) is 14.3.